The number of hydrogen-bond acceptors (Lipinski definition) is 5. The number of benzene rings is 3. The predicted octanol–water partition coefficient (Wildman–Crippen LogP) is 9.78. The fourth-order valence-corrected chi connectivity index (χ4v) is 4.63. The maximum Gasteiger partial charge on any atom is 0.164 e. The molecule has 4 aromatic rings. The summed E-state index contributed by atoms with van der Waals surface area (Å²) < 4.78 is 0. The van der Waals surface area contributed by atoms with Gasteiger partial charge in [-0.05, 0) is 44.0 Å². The van der Waals surface area contributed by atoms with E-state index in [4.69, 9.17) is 9.97 Å². The Morgan fingerprint density at radius 2 is 1.44 bits per heavy atom. The summed E-state index contributed by atoms with van der Waals surface area (Å²) in [6.45, 7) is 21.4. The van der Waals surface area contributed by atoms with Crippen LogP contribution in [0.1, 0.15) is 74.9 Å². The summed E-state index contributed by atoms with van der Waals surface area (Å²) in [6.07, 6.45) is 3.15. The van der Waals surface area contributed by atoms with Crippen LogP contribution in [0.5, 0.6) is 0 Å². The normalized spacial score (nSPS) is 11.6. The standard InChI is InChI=1S/C28H24N3.C11H20O2.Ir/c1-17-8-18(2)11-23(10-17)27-28(24-12-19(3)9-20(4)13-24)31-26(16-30-27)25-7-6-22(15-29)14-21(25)5;1-10(2,3)8(12)7-9(13)11(4,5)6;/h6-10,12-14,16H,1-5H3;7,12H,1-6H3;/q-1;;/b;8-7-;. The van der Waals surface area contributed by atoms with Gasteiger partial charge in [-0.25, -0.2) is 0 Å². The first-order valence-corrected chi connectivity index (χ1v) is 14.8. The van der Waals surface area contributed by atoms with E-state index in [9.17, 15) is 15.2 Å². The van der Waals surface area contributed by atoms with Gasteiger partial charge in [-0.1, -0.05) is 90.8 Å². The number of aryl methyl sites for hydroxylation is 5. The van der Waals surface area contributed by atoms with Crippen LogP contribution < -0.4 is 0 Å². The number of rotatable bonds is 4. The van der Waals surface area contributed by atoms with Gasteiger partial charge in [0, 0.05) is 54.5 Å². The van der Waals surface area contributed by atoms with Crippen LogP contribution in [0.3, 0.4) is 0 Å². The van der Waals surface area contributed by atoms with Gasteiger partial charge in [0.15, 0.2) is 5.78 Å². The Hall–Kier alpha value is -3.91. The van der Waals surface area contributed by atoms with Gasteiger partial charge >= 0.3 is 0 Å². The molecule has 1 heterocycles. The van der Waals surface area contributed by atoms with Gasteiger partial charge in [0.2, 0.25) is 0 Å². The number of aliphatic hydroxyl groups excluding tert-OH is 1. The van der Waals surface area contributed by atoms with Crippen molar-refractivity contribution in [1.29, 1.82) is 5.26 Å². The first kappa shape index (κ1) is 37.3. The second-order valence-electron chi connectivity index (χ2n) is 13.6. The Balaban J connectivity index is 0.000000430. The molecule has 1 aromatic heterocycles. The van der Waals surface area contributed by atoms with E-state index < -0.39 is 5.41 Å². The number of ketones is 1. The molecule has 0 atom stereocenters. The first-order valence-electron chi connectivity index (χ1n) is 14.8. The Morgan fingerprint density at radius 3 is 1.96 bits per heavy atom. The summed E-state index contributed by atoms with van der Waals surface area (Å²) in [4.78, 5) is 21.4. The Morgan fingerprint density at radius 1 is 0.844 bits per heavy atom. The van der Waals surface area contributed by atoms with Gasteiger partial charge in [-0.2, -0.15) is 5.26 Å². The monoisotopic (exact) mass is 779 g/mol. The molecule has 3 aromatic carbocycles. The van der Waals surface area contributed by atoms with Crippen molar-refractivity contribution in [3.8, 4) is 39.8 Å². The van der Waals surface area contributed by atoms with E-state index in [0.717, 1.165) is 44.9 Å². The molecule has 0 aliphatic carbocycles. The Labute approximate surface area is 282 Å². The third kappa shape index (κ3) is 10.0. The number of allylic oxidation sites excluding steroid dienone is 2. The van der Waals surface area contributed by atoms with Crippen molar-refractivity contribution in [2.45, 2.75) is 76.2 Å². The zero-order chi connectivity index (χ0) is 33.0. The topological polar surface area (TPSA) is 86.9 Å². The van der Waals surface area contributed by atoms with Crippen molar-refractivity contribution in [1.82, 2.24) is 9.97 Å². The number of aliphatic hydroxyl groups is 1. The van der Waals surface area contributed by atoms with Gasteiger partial charge in [0.05, 0.1) is 23.0 Å². The zero-order valence-corrected chi connectivity index (χ0v) is 30.7. The molecule has 5 nitrogen and oxygen atoms in total. The molecule has 1 radical (unpaired) electrons. The molecule has 0 spiro atoms. The van der Waals surface area contributed by atoms with Gasteiger partial charge in [0.25, 0.3) is 0 Å². The minimum absolute atomic E-state index is 0. The summed E-state index contributed by atoms with van der Waals surface area (Å²) in [5.41, 5.74) is 10.9. The van der Waals surface area contributed by atoms with Crippen LogP contribution >= 0.6 is 0 Å². The summed E-state index contributed by atoms with van der Waals surface area (Å²) in [5.74, 6) is 0.104. The van der Waals surface area contributed by atoms with E-state index in [-0.39, 0.29) is 37.1 Å². The quantitative estimate of drug-likeness (QED) is 0.127. The van der Waals surface area contributed by atoms with Crippen molar-refractivity contribution >= 4 is 5.78 Å². The maximum absolute atomic E-state index is 11.5. The smallest absolute Gasteiger partial charge is 0.164 e. The predicted molar refractivity (Wildman–Crippen MR) is 180 cm³/mol. The molecule has 0 fully saturated rings. The molecule has 6 heteroatoms. The van der Waals surface area contributed by atoms with Crippen LogP contribution in [0.4, 0.5) is 0 Å². The van der Waals surface area contributed by atoms with E-state index in [0.29, 0.717) is 5.56 Å². The van der Waals surface area contributed by atoms with Crippen LogP contribution in [0.25, 0.3) is 33.8 Å². The molecule has 45 heavy (non-hydrogen) atoms. The summed E-state index contributed by atoms with van der Waals surface area (Å²) in [7, 11) is 0. The second-order valence-corrected chi connectivity index (χ2v) is 13.6. The summed E-state index contributed by atoms with van der Waals surface area (Å²) >= 11 is 0. The van der Waals surface area contributed by atoms with Crippen molar-refractivity contribution in [2.75, 3.05) is 0 Å². The van der Waals surface area contributed by atoms with Crippen molar-refractivity contribution in [3.05, 3.63) is 106 Å². The molecule has 0 aliphatic rings. The number of aromatic nitrogens is 2. The van der Waals surface area contributed by atoms with Gasteiger partial charge in [-0.15, -0.1) is 34.9 Å². The fraction of sp³-hybridized carbons (Fsp3) is 0.333. The number of carbonyl (C=O) groups excluding carboxylic acids is 1. The average Bonchev–Trinajstić information content (AvgIpc) is 2.91. The number of carbonyl (C=O) groups is 1. The summed E-state index contributed by atoms with van der Waals surface area (Å²) in [5, 5.41) is 18.8. The molecule has 4 rings (SSSR count). The van der Waals surface area contributed by atoms with Gasteiger partial charge < -0.3 is 10.1 Å². The van der Waals surface area contributed by atoms with Gasteiger partial charge in [-0.3, -0.25) is 9.78 Å². The Bertz CT molecular complexity index is 1730. The minimum Gasteiger partial charge on any atom is -0.512 e. The molecule has 1 N–H and O–H groups in total. The first-order chi connectivity index (χ1) is 20.4. The van der Waals surface area contributed by atoms with E-state index in [2.05, 4.69) is 70.2 Å². The minimum atomic E-state index is -0.417. The van der Waals surface area contributed by atoms with Crippen molar-refractivity contribution in [2.24, 2.45) is 10.8 Å². The molecule has 0 amide bonds. The van der Waals surface area contributed by atoms with E-state index in [1.165, 1.54) is 22.8 Å². The van der Waals surface area contributed by atoms with E-state index in [1.54, 1.807) is 0 Å². The number of nitriles is 1. The van der Waals surface area contributed by atoms with Crippen molar-refractivity contribution in [3.63, 3.8) is 0 Å². The van der Waals surface area contributed by atoms with E-state index in [1.807, 2.05) is 72.9 Å². The zero-order valence-electron chi connectivity index (χ0n) is 28.3. The average molecular weight is 779 g/mol. The molecular formula is C39H44IrN3O2-. The van der Waals surface area contributed by atoms with Gasteiger partial charge in [0.1, 0.15) is 5.76 Å². The number of nitrogens with zero attached hydrogens (tertiary/aromatic N) is 3. The number of hydrogen-bond donors (Lipinski definition) is 1. The van der Waals surface area contributed by atoms with E-state index >= 15 is 0 Å². The van der Waals surface area contributed by atoms with Crippen LogP contribution in [-0.4, -0.2) is 20.9 Å². The van der Waals surface area contributed by atoms with Crippen LogP contribution in [0.2, 0.25) is 0 Å². The molecule has 0 unspecified atom stereocenters. The summed E-state index contributed by atoms with van der Waals surface area (Å²) in [6, 6.07) is 22.0. The van der Waals surface area contributed by atoms with Crippen LogP contribution in [-0.2, 0) is 24.9 Å². The molecule has 0 bridgehead atoms. The molecule has 237 valence electrons. The largest absolute Gasteiger partial charge is 0.512 e. The third-order valence-electron chi connectivity index (χ3n) is 7.08. The fourth-order valence-electron chi connectivity index (χ4n) is 4.63. The SMILES string of the molecule is CC(C)(C)C(=O)/C=C(\O)C(C)(C)C.Cc1[c-]c(-c2ncc(-c3ccc(C#N)cc3C)nc2-c2cc(C)cc(C)c2)cc(C)c1.[Ir]. The molecule has 0 saturated heterocycles. The maximum atomic E-state index is 11.5. The molecule has 0 saturated carbocycles. The third-order valence-corrected chi connectivity index (χ3v) is 7.08. The Kier molecular flexibility index (Phi) is 12.4. The molecule has 0 aliphatic heterocycles. The second kappa shape index (κ2) is 14.9. The van der Waals surface area contributed by atoms with Crippen molar-refractivity contribution < 1.29 is 30.0 Å². The van der Waals surface area contributed by atoms with Crippen LogP contribution in [0.15, 0.2) is 66.6 Å². The molecular weight excluding hydrogens is 735 g/mol. The van der Waals surface area contributed by atoms with Crippen LogP contribution in [0, 0.1) is 62.8 Å².